The summed E-state index contributed by atoms with van der Waals surface area (Å²) >= 11 is 0. The highest BCUT2D eigenvalue weighted by Crippen LogP contribution is 2.19. The predicted octanol–water partition coefficient (Wildman–Crippen LogP) is -0.0643. The van der Waals surface area contributed by atoms with Gasteiger partial charge in [-0.3, -0.25) is 0 Å². The van der Waals surface area contributed by atoms with Crippen molar-refractivity contribution < 1.29 is 8.42 Å². The van der Waals surface area contributed by atoms with E-state index in [2.05, 4.69) is 10.3 Å². The number of hydrogen-bond donors (Lipinski definition) is 1. The molecule has 0 bridgehead atoms. The lowest BCUT2D eigenvalue weighted by atomic mass is 10.3. The van der Waals surface area contributed by atoms with Crippen molar-refractivity contribution in [1.82, 2.24) is 14.6 Å². The van der Waals surface area contributed by atoms with Crippen LogP contribution < -0.4 is 5.32 Å². The Bertz CT molecular complexity index is 579. The van der Waals surface area contributed by atoms with Gasteiger partial charge in [0, 0.05) is 31.9 Å². The SMILES string of the molecule is CC1CN(S(=O)(=O)c2cccnc2C#N)CCN1. The van der Waals surface area contributed by atoms with Gasteiger partial charge in [0.2, 0.25) is 10.0 Å². The maximum absolute atomic E-state index is 12.4. The van der Waals surface area contributed by atoms with Crippen molar-refractivity contribution >= 4 is 10.0 Å². The highest BCUT2D eigenvalue weighted by atomic mass is 32.2. The molecule has 0 amide bonds. The molecule has 1 aliphatic rings. The molecular weight excluding hydrogens is 252 g/mol. The number of nitrogens with zero attached hydrogens (tertiary/aromatic N) is 3. The number of nitrogens with one attached hydrogen (secondary N) is 1. The third-order valence-corrected chi connectivity index (χ3v) is 4.72. The summed E-state index contributed by atoms with van der Waals surface area (Å²) in [6, 6.07) is 4.88. The third kappa shape index (κ3) is 2.36. The normalized spacial score (nSPS) is 21.4. The Hall–Kier alpha value is -1.49. The Morgan fingerprint density at radius 2 is 2.39 bits per heavy atom. The minimum atomic E-state index is -3.63. The fourth-order valence-electron chi connectivity index (χ4n) is 1.94. The zero-order chi connectivity index (χ0) is 13.2. The van der Waals surface area contributed by atoms with Crippen molar-refractivity contribution in [3.63, 3.8) is 0 Å². The number of pyridine rings is 1. The van der Waals surface area contributed by atoms with Crippen LogP contribution >= 0.6 is 0 Å². The topological polar surface area (TPSA) is 86.1 Å². The van der Waals surface area contributed by atoms with Crippen LogP contribution in [0.2, 0.25) is 0 Å². The largest absolute Gasteiger partial charge is 0.312 e. The van der Waals surface area contributed by atoms with E-state index in [0.717, 1.165) is 0 Å². The van der Waals surface area contributed by atoms with Crippen LogP contribution in [0.4, 0.5) is 0 Å². The van der Waals surface area contributed by atoms with Gasteiger partial charge in [-0.05, 0) is 19.1 Å². The maximum atomic E-state index is 12.4. The van der Waals surface area contributed by atoms with Crippen LogP contribution in [0.3, 0.4) is 0 Å². The van der Waals surface area contributed by atoms with Gasteiger partial charge in [-0.1, -0.05) is 0 Å². The van der Waals surface area contributed by atoms with Gasteiger partial charge in [-0.25, -0.2) is 13.4 Å². The molecule has 1 saturated heterocycles. The average molecular weight is 266 g/mol. The second-order valence-corrected chi connectivity index (χ2v) is 6.09. The van der Waals surface area contributed by atoms with E-state index in [0.29, 0.717) is 19.6 Å². The van der Waals surface area contributed by atoms with Crippen LogP contribution in [0, 0.1) is 11.3 Å². The van der Waals surface area contributed by atoms with Crippen LogP contribution in [-0.2, 0) is 10.0 Å². The summed E-state index contributed by atoms with van der Waals surface area (Å²) in [4.78, 5) is 3.78. The van der Waals surface area contributed by atoms with E-state index >= 15 is 0 Å². The zero-order valence-corrected chi connectivity index (χ0v) is 10.8. The Labute approximate surface area is 106 Å². The molecule has 1 aliphatic heterocycles. The van der Waals surface area contributed by atoms with E-state index in [1.807, 2.05) is 13.0 Å². The number of nitriles is 1. The molecule has 0 aliphatic carbocycles. The summed E-state index contributed by atoms with van der Waals surface area (Å²) in [6.07, 6.45) is 1.41. The number of aromatic nitrogens is 1. The molecule has 0 spiro atoms. The van der Waals surface area contributed by atoms with E-state index in [9.17, 15) is 8.42 Å². The molecule has 1 unspecified atom stereocenters. The maximum Gasteiger partial charge on any atom is 0.246 e. The molecule has 1 fully saturated rings. The molecule has 0 aromatic carbocycles. The first-order valence-electron chi connectivity index (χ1n) is 5.64. The van der Waals surface area contributed by atoms with Gasteiger partial charge in [0.1, 0.15) is 11.0 Å². The molecular formula is C11H14N4O2S. The molecule has 2 rings (SSSR count). The van der Waals surface area contributed by atoms with Gasteiger partial charge in [0.25, 0.3) is 0 Å². The van der Waals surface area contributed by atoms with E-state index < -0.39 is 10.0 Å². The van der Waals surface area contributed by atoms with Crippen molar-refractivity contribution in [1.29, 1.82) is 5.26 Å². The first-order chi connectivity index (χ1) is 8.55. The first-order valence-corrected chi connectivity index (χ1v) is 7.08. The first kappa shape index (κ1) is 13.0. The van der Waals surface area contributed by atoms with Crippen molar-refractivity contribution in [3.8, 4) is 6.07 Å². The van der Waals surface area contributed by atoms with Gasteiger partial charge in [0.15, 0.2) is 5.69 Å². The van der Waals surface area contributed by atoms with Crippen LogP contribution in [0.25, 0.3) is 0 Å². The summed E-state index contributed by atoms with van der Waals surface area (Å²) in [6.45, 7) is 3.35. The highest BCUT2D eigenvalue weighted by molar-refractivity contribution is 7.89. The summed E-state index contributed by atoms with van der Waals surface area (Å²) < 4.78 is 26.2. The second-order valence-electron chi connectivity index (χ2n) is 4.18. The van der Waals surface area contributed by atoms with Gasteiger partial charge >= 0.3 is 0 Å². The quantitative estimate of drug-likeness (QED) is 0.810. The third-order valence-electron chi connectivity index (χ3n) is 2.83. The molecule has 1 N–H and O–H groups in total. The lowest BCUT2D eigenvalue weighted by molar-refractivity contribution is 0.310. The molecule has 1 atom stereocenters. The molecule has 7 heteroatoms. The number of sulfonamides is 1. The molecule has 1 aromatic heterocycles. The fraction of sp³-hybridized carbons (Fsp3) is 0.455. The van der Waals surface area contributed by atoms with Gasteiger partial charge in [0.05, 0.1) is 0 Å². The molecule has 6 nitrogen and oxygen atoms in total. The monoisotopic (exact) mass is 266 g/mol. The summed E-state index contributed by atoms with van der Waals surface area (Å²) in [5, 5.41) is 12.1. The molecule has 0 saturated carbocycles. The van der Waals surface area contributed by atoms with Gasteiger partial charge in [-0.2, -0.15) is 9.57 Å². The Morgan fingerprint density at radius 3 is 3.06 bits per heavy atom. The number of rotatable bonds is 2. The van der Waals surface area contributed by atoms with Crippen LogP contribution in [-0.4, -0.2) is 43.4 Å². The fourth-order valence-corrected chi connectivity index (χ4v) is 3.56. The Balaban J connectivity index is 2.39. The second kappa shape index (κ2) is 5.02. The van der Waals surface area contributed by atoms with Gasteiger partial charge in [-0.15, -0.1) is 0 Å². The minimum absolute atomic E-state index is 0.0124. The van der Waals surface area contributed by atoms with Gasteiger partial charge < -0.3 is 5.32 Å². The van der Waals surface area contributed by atoms with E-state index in [4.69, 9.17) is 5.26 Å². The van der Waals surface area contributed by atoms with Crippen molar-refractivity contribution in [3.05, 3.63) is 24.0 Å². The average Bonchev–Trinajstić information content (AvgIpc) is 2.38. The summed E-state index contributed by atoms with van der Waals surface area (Å²) in [7, 11) is -3.63. The lowest BCUT2D eigenvalue weighted by Crippen LogP contribution is -2.51. The molecule has 18 heavy (non-hydrogen) atoms. The zero-order valence-electron chi connectivity index (χ0n) is 10.00. The van der Waals surface area contributed by atoms with E-state index in [1.54, 1.807) is 0 Å². The Kier molecular flexibility index (Phi) is 3.61. The smallest absolute Gasteiger partial charge is 0.246 e. The Morgan fingerprint density at radius 1 is 1.61 bits per heavy atom. The van der Waals surface area contributed by atoms with Crippen molar-refractivity contribution in [2.75, 3.05) is 19.6 Å². The van der Waals surface area contributed by atoms with Crippen LogP contribution in [0.1, 0.15) is 12.6 Å². The minimum Gasteiger partial charge on any atom is -0.312 e. The molecule has 0 radical (unpaired) electrons. The van der Waals surface area contributed by atoms with E-state index in [1.165, 1.54) is 22.6 Å². The standard InChI is InChI=1S/C11H14N4O2S/c1-9-8-15(6-5-13-9)18(16,17)11-3-2-4-14-10(11)7-12/h2-4,9,13H,5-6,8H2,1H3. The molecule has 96 valence electrons. The number of hydrogen-bond acceptors (Lipinski definition) is 5. The van der Waals surface area contributed by atoms with Crippen molar-refractivity contribution in [2.24, 2.45) is 0 Å². The van der Waals surface area contributed by atoms with Crippen LogP contribution in [0.15, 0.2) is 23.2 Å². The van der Waals surface area contributed by atoms with E-state index in [-0.39, 0.29) is 16.6 Å². The van der Waals surface area contributed by atoms with Crippen molar-refractivity contribution in [2.45, 2.75) is 17.9 Å². The summed E-state index contributed by atoms with van der Waals surface area (Å²) in [5.74, 6) is 0. The summed E-state index contributed by atoms with van der Waals surface area (Å²) in [5.41, 5.74) is -0.0521. The number of piperazine rings is 1. The highest BCUT2D eigenvalue weighted by Gasteiger charge is 2.30. The molecule has 1 aromatic rings. The predicted molar refractivity (Wildman–Crippen MR) is 65.2 cm³/mol. The lowest BCUT2D eigenvalue weighted by Gasteiger charge is -2.31. The van der Waals surface area contributed by atoms with Crippen LogP contribution in [0.5, 0.6) is 0 Å². The molecule has 2 heterocycles.